The number of halogens is 1. The molecule has 0 aliphatic carbocycles. The van der Waals surface area contributed by atoms with Crippen LogP contribution in [0, 0.1) is 5.82 Å². The zero-order valence-electron chi connectivity index (χ0n) is 8.22. The van der Waals surface area contributed by atoms with Crippen molar-refractivity contribution in [1.82, 2.24) is 0 Å². The highest BCUT2D eigenvalue weighted by molar-refractivity contribution is 5.63. The number of hydrogen-bond donors (Lipinski definition) is 0. The summed E-state index contributed by atoms with van der Waals surface area (Å²) in [6, 6.07) is 3.61. The lowest BCUT2D eigenvalue weighted by Gasteiger charge is -2.36. The van der Waals surface area contributed by atoms with Crippen molar-refractivity contribution in [3.8, 4) is 0 Å². The van der Waals surface area contributed by atoms with Gasteiger partial charge in [-0.15, -0.1) is 0 Å². The predicted molar refractivity (Wildman–Crippen MR) is 55.3 cm³/mol. The summed E-state index contributed by atoms with van der Waals surface area (Å²) in [6.45, 7) is 2.23. The third kappa shape index (κ3) is 1.06. The van der Waals surface area contributed by atoms with Crippen molar-refractivity contribution in [1.29, 1.82) is 0 Å². The fourth-order valence-electron chi connectivity index (χ4n) is 2.74. The molecule has 0 bridgehead atoms. The Balaban J connectivity index is 2.22. The van der Waals surface area contributed by atoms with Crippen LogP contribution in [-0.4, -0.2) is 13.1 Å². The molecule has 0 N–H and O–H groups in total. The standard InChI is InChI=1S/C12H14FN/c13-11-6-5-9-3-1-7-14-8-2-4-10(11)12(9)14/h5-6H,1-4,7-8H2. The van der Waals surface area contributed by atoms with Gasteiger partial charge in [0.15, 0.2) is 0 Å². The first-order valence-electron chi connectivity index (χ1n) is 5.41. The number of benzene rings is 1. The summed E-state index contributed by atoms with van der Waals surface area (Å²) in [5, 5.41) is 0. The van der Waals surface area contributed by atoms with E-state index in [1.807, 2.05) is 6.07 Å². The highest BCUT2D eigenvalue weighted by Crippen LogP contribution is 2.36. The molecule has 0 saturated carbocycles. The molecule has 0 amide bonds. The molecule has 0 fully saturated rings. The highest BCUT2D eigenvalue weighted by Gasteiger charge is 2.25. The molecule has 3 rings (SSSR count). The van der Waals surface area contributed by atoms with Crippen LogP contribution >= 0.6 is 0 Å². The normalized spacial score (nSPS) is 19.4. The molecule has 2 heteroatoms. The van der Waals surface area contributed by atoms with Gasteiger partial charge in [-0.3, -0.25) is 0 Å². The summed E-state index contributed by atoms with van der Waals surface area (Å²) >= 11 is 0. The largest absolute Gasteiger partial charge is 0.371 e. The second-order valence-electron chi connectivity index (χ2n) is 4.23. The van der Waals surface area contributed by atoms with E-state index < -0.39 is 0 Å². The minimum Gasteiger partial charge on any atom is -0.371 e. The third-order valence-corrected chi connectivity index (χ3v) is 3.35. The molecular weight excluding hydrogens is 177 g/mol. The molecule has 1 aromatic rings. The second kappa shape index (κ2) is 2.97. The zero-order valence-corrected chi connectivity index (χ0v) is 8.22. The van der Waals surface area contributed by atoms with Crippen molar-refractivity contribution >= 4 is 5.69 Å². The van der Waals surface area contributed by atoms with E-state index in [1.54, 1.807) is 6.07 Å². The van der Waals surface area contributed by atoms with Crippen LogP contribution in [0.15, 0.2) is 12.1 Å². The molecule has 14 heavy (non-hydrogen) atoms. The lowest BCUT2D eigenvalue weighted by molar-refractivity contribution is 0.571. The maximum atomic E-state index is 13.6. The first-order valence-corrected chi connectivity index (χ1v) is 5.41. The summed E-state index contributed by atoms with van der Waals surface area (Å²) in [5.74, 6) is -0.00431. The molecular formula is C12H14FN. The second-order valence-corrected chi connectivity index (χ2v) is 4.23. The van der Waals surface area contributed by atoms with Gasteiger partial charge in [-0.25, -0.2) is 4.39 Å². The number of rotatable bonds is 0. The maximum Gasteiger partial charge on any atom is 0.128 e. The number of nitrogens with zero attached hydrogens (tertiary/aromatic N) is 1. The van der Waals surface area contributed by atoms with Crippen molar-refractivity contribution in [2.75, 3.05) is 18.0 Å². The minimum atomic E-state index is -0.00431. The van der Waals surface area contributed by atoms with Crippen LogP contribution in [0.1, 0.15) is 24.0 Å². The topological polar surface area (TPSA) is 3.24 Å². The molecule has 0 aromatic heterocycles. The van der Waals surface area contributed by atoms with E-state index >= 15 is 0 Å². The van der Waals surface area contributed by atoms with Gasteiger partial charge in [0.05, 0.1) is 0 Å². The predicted octanol–water partition coefficient (Wildman–Crippen LogP) is 2.52. The van der Waals surface area contributed by atoms with Crippen LogP contribution in [0.3, 0.4) is 0 Å². The van der Waals surface area contributed by atoms with E-state index in [-0.39, 0.29) is 5.82 Å². The van der Waals surface area contributed by atoms with Gasteiger partial charge in [0.1, 0.15) is 5.82 Å². The van der Waals surface area contributed by atoms with Crippen molar-refractivity contribution in [3.05, 3.63) is 29.1 Å². The Kier molecular flexibility index (Phi) is 1.76. The molecule has 74 valence electrons. The van der Waals surface area contributed by atoms with Gasteiger partial charge in [0, 0.05) is 24.3 Å². The van der Waals surface area contributed by atoms with Gasteiger partial charge in [-0.1, -0.05) is 6.07 Å². The minimum absolute atomic E-state index is 0.00431. The molecule has 0 radical (unpaired) electrons. The fraction of sp³-hybridized carbons (Fsp3) is 0.500. The van der Waals surface area contributed by atoms with Crippen LogP contribution < -0.4 is 4.90 Å². The average Bonchev–Trinajstić information content (AvgIpc) is 2.24. The van der Waals surface area contributed by atoms with Crippen LogP contribution in [0.4, 0.5) is 10.1 Å². The Morgan fingerprint density at radius 2 is 1.86 bits per heavy atom. The zero-order chi connectivity index (χ0) is 9.54. The van der Waals surface area contributed by atoms with E-state index in [4.69, 9.17) is 0 Å². The molecule has 0 saturated heterocycles. The van der Waals surface area contributed by atoms with Gasteiger partial charge >= 0.3 is 0 Å². The lowest BCUT2D eigenvalue weighted by atomic mass is 9.92. The Morgan fingerprint density at radius 1 is 1.07 bits per heavy atom. The summed E-state index contributed by atoms with van der Waals surface area (Å²) < 4.78 is 13.6. The van der Waals surface area contributed by atoms with E-state index in [0.717, 1.165) is 37.9 Å². The summed E-state index contributed by atoms with van der Waals surface area (Å²) in [5.41, 5.74) is 3.54. The van der Waals surface area contributed by atoms with Gasteiger partial charge in [0.25, 0.3) is 0 Å². The SMILES string of the molecule is Fc1ccc2c3c1CCCN3CCC2. The molecule has 0 spiro atoms. The first-order chi connectivity index (χ1) is 6.86. The Bertz CT molecular complexity index is 371. The monoisotopic (exact) mass is 191 g/mol. The average molecular weight is 191 g/mol. The molecule has 0 atom stereocenters. The van der Waals surface area contributed by atoms with E-state index in [0.29, 0.717) is 0 Å². The molecule has 2 aliphatic rings. The smallest absolute Gasteiger partial charge is 0.128 e. The Hall–Kier alpha value is -1.05. The number of aryl methyl sites for hydroxylation is 1. The molecule has 1 aromatic carbocycles. The quantitative estimate of drug-likeness (QED) is 0.609. The summed E-state index contributed by atoms with van der Waals surface area (Å²) in [4.78, 5) is 2.36. The molecule has 2 heterocycles. The van der Waals surface area contributed by atoms with Gasteiger partial charge < -0.3 is 4.90 Å². The third-order valence-electron chi connectivity index (χ3n) is 3.35. The van der Waals surface area contributed by atoms with Crippen LogP contribution in [-0.2, 0) is 12.8 Å². The maximum absolute atomic E-state index is 13.6. The van der Waals surface area contributed by atoms with Gasteiger partial charge in [0.2, 0.25) is 0 Å². The first kappa shape index (κ1) is 8.27. The van der Waals surface area contributed by atoms with Crippen molar-refractivity contribution in [2.24, 2.45) is 0 Å². The Labute approximate surface area is 83.5 Å². The van der Waals surface area contributed by atoms with Crippen molar-refractivity contribution in [3.63, 3.8) is 0 Å². The Morgan fingerprint density at radius 3 is 2.71 bits per heavy atom. The van der Waals surface area contributed by atoms with E-state index in [9.17, 15) is 4.39 Å². The van der Waals surface area contributed by atoms with E-state index in [1.165, 1.54) is 17.7 Å². The van der Waals surface area contributed by atoms with Crippen LogP contribution in [0.5, 0.6) is 0 Å². The van der Waals surface area contributed by atoms with Crippen LogP contribution in [0.25, 0.3) is 0 Å². The number of anilines is 1. The summed E-state index contributed by atoms with van der Waals surface area (Å²) in [7, 11) is 0. The van der Waals surface area contributed by atoms with Gasteiger partial charge in [-0.05, 0) is 37.3 Å². The van der Waals surface area contributed by atoms with Crippen LogP contribution in [0.2, 0.25) is 0 Å². The summed E-state index contributed by atoms with van der Waals surface area (Å²) in [6.07, 6.45) is 4.37. The van der Waals surface area contributed by atoms with Crippen molar-refractivity contribution in [2.45, 2.75) is 25.7 Å². The molecule has 2 aliphatic heterocycles. The highest BCUT2D eigenvalue weighted by atomic mass is 19.1. The van der Waals surface area contributed by atoms with Crippen molar-refractivity contribution < 1.29 is 4.39 Å². The number of hydrogen-bond acceptors (Lipinski definition) is 1. The fourth-order valence-corrected chi connectivity index (χ4v) is 2.74. The van der Waals surface area contributed by atoms with Gasteiger partial charge in [-0.2, -0.15) is 0 Å². The lowest BCUT2D eigenvalue weighted by Crippen LogP contribution is -2.34. The van der Waals surface area contributed by atoms with E-state index in [2.05, 4.69) is 4.90 Å². The molecule has 0 unspecified atom stereocenters. The molecule has 1 nitrogen and oxygen atoms in total.